The summed E-state index contributed by atoms with van der Waals surface area (Å²) in [4.78, 5) is 28.4. The lowest BCUT2D eigenvalue weighted by molar-refractivity contribution is 0.0716. The van der Waals surface area contributed by atoms with Gasteiger partial charge in [0.25, 0.3) is 5.91 Å². The van der Waals surface area contributed by atoms with E-state index >= 15 is 0 Å². The Balaban J connectivity index is 1.84. The van der Waals surface area contributed by atoms with Crippen LogP contribution in [0.4, 0.5) is 0 Å². The Kier molecular flexibility index (Phi) is 6.99. The van der Waals surface area contributed by atoms with Gasteiger partial charge in [0.1, 0.15) is 5.58 Å². The van der Waals surface area contributed by atoms with Crippen molar-refractivity contribution in [3.63, 3.8) is 0 Å². The molecule has 1 atom stereocenters. The number of benzene rings is 2. The zero-order valence-electron chi connectivity index (χ0n) is 19.0. The van der Waals surface area contributed by atoms with Gasteiger partial charge in [0.2, 0.25) is 5.76 Å². The van der Waals surface area contributed by atoms with Gasteiger partial charge >= 0.3 is 0 Å². The topological polar surface area (TPSA) is 89.2 Å². The van der Waals surface area contributed by atoms with Crippen molar-refractivity contribution in [1.29, 1.82) is 0 Å². The van der Waals surface area contributed by atoms with Crippen LogP contribution in [0.25, 0.3) is 11.0 Å². The van der Waals surface area contributed by atoms with E-state index in [1.807, 2.05) is 25.1 Å². The summed E-state index contributed by atoms with van der Waals surface area (Å²) in [6, 6.07) is 11.8. The number of nitrogens with zero attached hydrogens (tertiary/aromatic N) is 1. The predicted molar refractivity (Wildman–Crippen MR) is 125 cm³/mol. The third kappa shape index (κ3) is 4.33. The maximum Gasteiger partial charge on any atom is 0.290 e. The highest BCUT2D eigenvalue weighted by Gasteiger charge is 2.42. The number of unbranched alkanes of at least 4 members (excludes halogenated alkanes) is 1. The third-order valence-corrected chi connectivity index (χ3v) is 5.77. The largest absolute Gasteiger partial charge is 0.490 e. The average molecular weight is 452 g/mol. The molecule has 1 N–H and O–H groups in total. The minimum absolute atomic E-state index is 0.0582. The zero-order chi connectivity index (χ0) is 23.4. The van der Waals surface area contributed by atoms with E-state index in [0.29, 0.717) is 54.2 Å². The van der Waals surface area contributed by atoms with Crippen LogP contribution in [0.3, 0.4) is 0 Å². The van der Waals surface area contributed by atoms with Crippen LogP contribution in [-0.4, -0.2) is 42.3 Å². The summed E-state index contributed by atoms with van der Waals surface area (Å²) in [5.74, 6) is 0.903. The van der Waals surface area contributed by atoms with Gasteiger partial charge in [0, 0.05) is 13.2 Å². The van der Waals surface area contributed by atoms with Gasteiger partial charge < -0.3 is 23.9 Å². The van der Waals surface area contributed by atoms with Gasteiger partial charge in [-0.3, -0.25) is 9.59 Å². The summed E-state index contributed by atoms with van der Waals surface area (Å²) in [6.45, 7) is 5.25. The van der Waals surface area contributed by atoms with Gasteiger partial charge in [-0.1, -0.05) is 31.5 Å². The summed E-state index contributed by atoms with van der Waals surface area (Å²) in [6.07, 6.45) is 2.34. The van der Waals surface area contributed by atoms with E-state index in [0.717, 1.165) is 18.4 Å². The van der Waals surface area contributed by atoms with Crippen molar-refractivity contribution in [3.05, 3.63) is 69.6 Å². The lowest BCUT2D eigenvalue weighted by Gasteiger charge is -2.25. The Hall–Kier alpha value is -3.32. The summed E-state index contributed by atoms with van der Waals surface area (Å²) >= 11 is 0. The van der Waals surface area contributed by atoms with E-state index in [1.54, 1.807) is 29.2 Å². The molecule has 0 unspecified atom stereocenters. The number of hydrogen-bond acceptors (Lipinski definition) is 6. The van der Waals surface area contributed by atoms with Gasteiger partial charge in [-0.05, 0) is 49.6 Å². The molecule has 174 valence electrons. The van der Waals surface area contributed by atoms with Gasteiger partial charge in [-0.2, -0.15) is 0 Å². The van der Waals surface area contributed by atoms with Crippen LogP contribution < -0.4 is 14.9 Å². The number of ether oxygens (including phenoxy) is 2. The molecule has 2 aromatic carbocycles. The summed E-state index contributed by atoms with van der Waals surface area (Å²) < 4.78 is 17.6. The zero-order valence-corrected chi connectivity index (χ0v) is 19.0. The van der Waals surface area contributed by atoms with Crippen molar-refractivity contribution in [1.82, 2.24) is 4.90 Å². The number of carbonyl (C=O) groups excluding carboxylic acids is 1. The molecule has 4 rings (SSSR count). The standard InChI is InChI=1S/C26H29NO6/c1-3-5-15-32-20-12-11-17(16-21(20)31-4-2)23-22-24(29)18-9-6-7-10-19(18)33-25(22)26(30)27(23)13-8-14-28/h6-7,9-12,16,23,28H,3-5,8,13-15H2,1-2H3/t23-/m0/s1. The normalized spacial score (nSPS) is 15.2. The number of aliphatic hydroxyl groups is 1. The Bertz CT molecular complexity index is 1200. The van der Waals surface area contributed by atoms with Crippen LogP contribution in [0, 0.1) is 0 Å². The van der Waals surface area contributed by atoms with Gasteiger partial charge in [0.15, 0.2) is 16.9 Å². The first-order chi connectivity index (χ1) is 16.1. The minimum Gasteiger partial charge on any atom is -0.490 e. The molecule has 7 nitrogen and oxygen atoms in total. The van der Waals surface area contributed by atoms with Crippen LogP contribution in [0.1, 0.15) is 60.8 Å². The number of amides is 1. The van der Waals surface area contributed by atoms with Crippen molar-refractivity contribution < 1.29 is 23.8 Å². The Labute approximate surface area is 192 Å². The first kappa shape index (κ1) is 22.9. The lowest BCUT2D eigenvalue weighted by atomic mass is 9.98. The average Bonchev–Trinajstić information content (AvgIpc) is 3.11. The second-order valence-corrected chi connectivity index (χ2v) is 7.99. The number of rotatable bonds is 10. The number of hydrogen-bond donors (Lipinski definition) is 1. The quantitative estimate of drug-likeness (QED) is 0.463. The first-order valence-electron chi connectivity index (χ1n) is 11.5. The highest BCUT2D eigenvalue weighted by molar-refractivity contribution is 5.99. The predicted octanol–water partition coefficient (Wildman–Crippen LogP) is 4.30. The van der Waals surface area contributed by atoms with E-state index < -0.39 is 6.04 Å². The molecule has 7 heteroatoms. The number of fused-ring (bicyclic) bond motifs is 2. The van der Waals surface area contributed by atoms with Crippen molar-refractivity contribution in [2.24, 2.45) is 0 Å². The maximum atomic E-state index is 13.5. The fourth-order valence-corrected chi connectivity index (χ4v) is 4.19. The van der Waals surface area contributed by atoms with E-state index in [1.165, 1.54) is 0 Å². The fraction of sp³-hybridized carbons (Fsp3) is 0.385. The van der Waals surface area contributed by atoms with Crippen molar-refractivity contribution in [2.45, 2.75) is 39.2 Å². The molecule has 0 radical (unpaired) electrons. The van der Waals surface area contributed by atoms with Crippen LogP contribution in [0.5, 0.6) is 11.5 Å². The summed E-state index contributed by atoms with van der Waals surface area (Å²) in [5.41, 5.74) is 1.21. The lowest BCUT2D eigenvalue weighted by Crippen LogP contribution is -2.31. The molecule has 1 aliphatic heterocycles. The van der Waals surface area contributed by atoms with Gasteiger partial charge in [-0.15, -0.1) is 0 Å². The smallest absolute Gasteiger partial charge is 0.290 e. The van der Waals surface area contributed by atoms with E-state index in [4.69, 9.17) is 13.9 Å². The molecular formula is C26H29NO6. The molecule has 1 aliphatic rings. The minimum atomic E-state index is -0.635. The highest BCUT2D eigenvalue weighted by atomic mass is 16.5. The van der Waals surface area contributed by atoms with Gasteiger partial charge in [-0.25, -0.2) is 0 Å². The van der Waals surface area contributed by atoms with Crippen molar-refractivity contribution >= 4 is 16.9 Å². The fourth-order valence-electron chi connectivity index (χ4n) is 4.19. The number of aliphatic hydroxyl groups excluding tert-OH is 1. The second kappa shape index (κ2) is 10.1. The molecule has 33 heavy (non-hydrogen) atoms. The van der Waals surface area contributed by atoms with Crippen LogP contribution in [-0.2, 0) is 0 Å². The third-order valence-electron chi connectivity index (χ3n) is 5.77. The molecule has 0 aliphatic carbocycles. The van der Waals surface area contributed by atoms with E-state index in [2.05, 4.69) is 6.92 Å². The second-order valence-electron chi connectivity index (χ2n) is 7.99. The molecule has 0 bridgehead atoms. The Morgan fingerprint density at radius 1 is 1.03 bits per heavy atom. The molecular weight excluding hydrogens is 422 g/mol. The number of carbonyl (C=O) groups is 1. The van der Waals surface area contributed by atoms with Crippen molar-refractivity contribution in [2.75, 3.05) is 26.4 Å². The SMILES string of the molecule is CCCCOc1ccc([C@H]2c3c(oc4ccccc4c3=O)C(=O)N2CCCO)cc1OCC. The Morgan fingerprint density at radius 2 is 1.85 bits per heavy atom. The molecule has 1 aromatic heterocycles. The van der Waals surface area contributed by atoms with Crippen LogP contribution in [0.15, 0.2) is 51.7 Å². The van der Waals surface area contributed by atoms with E-state index in [-0.39, 0.29) is 23.7 Å². The van der Waals surface area contributed by atoms with Crippen molar-refractivity contribution in [3.8, 4) is 11.5 Å². The molecule has 3 aromatic rings. The highest BCUT2D eigenvalue weighted by Crippen LogP contribution is 2.41. The molecule has 0 saturated heterocycles. The maximum absolute atomic E-state index is 13.5. The van der Waals surface area contributed by atoms with Crippen LogP contribution in [0.2, 0.25) is 0 Å². The molecule has 1 amide bonds. The first-order valence-corrected chi connectivity index (χ1v) is 11.5. The molecule has 2 heterocycles. The molecule has 0 saturated carbocycles. The Morgan fingerprint density at radius 3 is 2.61 bits per heavy atom. The number of para-hydroxylation sites is 1. The molecule has 0 fully saturated rings. The summed E-state index contributed by atoms with van der Waals surface area (Å²) in [7, 11) is 0. The van der Waals surface area contributed by atoms with Gasteiger partial charge in [0.05, 0.1) is 30.2 Å². The molecule has 0 spiro atoms. The monoisotopic (exact) mass is 451 g/mol. The summed E-state index contributed by atoms with van der Waals surface area (Å²) in [5, 5.41) is 9.82. The van der Waals surface area contributed by atoms with Crippen LogP contribution >= 0.6 is 0 Å². The van der Waals surface area contributed by atoms with E-state index in [9.17, 15) is 14.7 Å².